The average molecular weight is 400 g/mol. The Kier molecular flexibility index (Phi) is 4.94. The highest BCUT2D eigenvalue weighted by molar-refractivity contribution is 5.81. The molecular weight excluding hydrogens is 376 g/mol. The fourth-order valence-electron chi connectivity index (χ4n) is 3.86. The van der Waals surface area contributed by atoms with Crippen LogP contribution in [0.5, 0.6) is 0 Å². The number of nitrogens with zero attached hydrogens (tertiary/aromatic N) is 3. The molecule has 0 saturated carbocycles. The second kappa shape index (κ2) is 8.04. The quantitative estimate of drug-likeness (QED) is 0.619. The fourth-order valence-corrected chi connectivity index (χ4v) is 3.86. The lowest BCUT2D eigenvalue weighted by molar-refractivity contribution is 0.122. The monoisotopic (exact) mass is 400 g/mol. The molecule has 0 aliphatic carbocycles. The van der Waals surface area contributed by atoms with Gasteiger partial charge in [-0.3, -0.25) is 0 Å². The number of anilines is 4. The topological polar surface area (TPSA) is 88.3 Å². The van der Waals surface area contributed by atoms with Crippen LogP contribution in [-0.4, -0.2) is 36.3 Å². The lowest BCUT2D eigenvalue weighted by Gasteiger charge is -2.29. The fraction of sp³-hybridized carbons (Fsp3) is 0.217. The number of nitrogen functional groups attached to an aromatic ring is 1. The maximum absolute atomic E-state index is 5.74. The summed E-state index contributed by atoms with van der Waals surface area (Å²) in [5.41, 5.74) is 12.3. The Labute approximate surface area is 175 Å². The number of aromatic nitrogens is 2. The van der Waals surface area contributed by atoms with Gasteiger partial charge in [-0.2, -0.15) is 0 Å². The largest absolute Gasteiger partial charge is 0.387 e. The SMILES string of the molecule is Nc1ccc(-c2cnc(Nc3ccc(N4CCOCC4)cc3)c3c2C=CNC3)cn1. The molecule has 0 unspecified atom stereocenters. The van der Waals surface area contributed by atoms with Gasteiger partial charge in [0.1, 0.15) is 11.6 Å². The van der Waals surface area contributed by atoms with Crippen molar-refractivity contribution in [3.8, 4) is 11.1 Å². The lowest BCUT2D eigenvalue weighted by atomic mass is 9.96. The average Bonchev–Trinajstić information content (AvgIpc) is 2.81. The second-order valence-corrected chi connectivity index (χ2v) is 7.37. The molecule has 5 rings (SSSR count). The van der Waals surface area contributed by atoms with Crippen LogP contribution in [-0.2, 0) is 11.3 Å². The highest BCUT2D eigenvalue weighted by atomic mass is 16.5. The predicted molar refractivity (Wildman–Crippen MR) is 121 cm³/mol. The van der Waals surface area contributed by atoms with Crippen molar-refractivity contribution in [3.05, 3.63) is 66.1 Å². The molecule has 152 valence electrons. The van der Waals surface area contributed by atoms with Gasteiger partial charge in [0.05, 0.1) is 13.2 Å². The number of pyridine rings is 2. The molecule has 2 aromatic heterocycles. The van der Waals surface area contributed by atoms with Crippen LogP contribution in [0.2, 0.25) is 0 Å². The van der Waals surface area contributed by atoms with Crippen molar-refractivity contribution >= 4 is 29.1 Å². The summed E-state index contributed by atoms with van der Waals surface area (Å²) in [6.45, 7) is 4.14. The van der Waals surface area contributed by atoms with Gasteiger partial charge >= 0.3 is 0 Å². The molecule has 4 N–H and O–H groups in total. The van der Waals surface area contributed by atoms with Crippen LogP contribution in [0.4, 0.5) is 23.0 Å². The zero-order valence-electron chi connectivity index (χ0n) is 16.6. The van der Waals surface area contributed by atoms with E-state index in [1.165, 1.54) is 5.69 Å². The van der Waals surface area contributed by atoms with E-state index in [-0.39, 0.29) is 0 Å². The van der Waals surface area contributed by atoms with Gasteiger partial charge in [0.2, 0.25) is 0 Å². The number of benzene rings is 1. The van der Waals surface area contributed by atoms with E-state index in [2.05, 4.69) is 50.9 Å². The van der Waals surface area contributed by atoms with Crippen LogP contribution < -0.4 is 21.3 Å². The maximum atomic E-state index is 5.74. The smallest absolute Gasteiger partial charge is 0.135 e. The van der Waals surface area contributed by atoms with Gasteiger partial charge in [-0.25, -0.2) is 9.97 Å². The molecule has 0 bridgehead atoms. The Balaban J connectivity index is 1.42. The van der Waals surface area contributed by atoms with Crippen LogP contribution in [0.25, 0.3) is 17.2 Å². The number of hydrogen-bond acceptors (Lipinski definition) is 7. The van der Waals surface area contributed by atoms with Crippen molar-refractivity contribution in [2.45, 2.75) is 6.54 Å². The van der Waals surface area contributed by atoms with Crippen molar-refractivity contribution in [2.24, 2.45) is 0 Å². The summed E-state index contributed by atoms with van der Waals surface area (Å²) in [6.07, 6.45) is 7.74. The van der Waals surface area contributed by atoms with Crippen molar-refractivity contribution in [1.82, 2.24) is 15.3 Å². The standard InChI is InChI=1S/C23H24N6O/c24-22-6-1-16(13-26-22)20-15-27-23(21-14-25-8-7-19(20)21)28-17-2-4-18(5-3-17)29-9-11-30-12-10-29/h1-8,13,15,25H,9-12,14H2,(H2,24,26)(H,27,28). The van der Waals surface area contributed by atoms with Crippen molar-refractivity contribution < 1.29 is 4.74 Å². The van der Waals surface area contributed by atoms with Crippen molar-refractivity contribution in [2.75, 3.05) is 42.3 Å². The van der Waals surface area contributed by atoms with Crippen molar-refractivity contribution in [1.29, 1.82) is 0 Å². The number of nitrogens with two attached hydrogens (primary N) is 1. The first-order valence-corrected chi connectivity index (χ1v) is 10.1. The van der Waals surface area contributed by atoms with Gasteiger partial charge in [-0.05, 0) is 54.2 Å². The minimum Gasteiger partial charge on any atom is -0.387 e. The number of fused-ring (bicyclic) bond motifs is 1. The third-order valence-corrected chi connectivity index (χ3v) is 5.47. The van der Waals surface area contributed by atoms with Crippen LogP contribution in [0.1, 0.15) is 11.1 Å². The molecule has 3 aromatic rings. The van der Waals surface area contributed by atoms with E-state index in [1.54, 1.807) is 6.20 Å². The van der Waals surface area contributed by atoms with Gasteiger partial charge in [0.25, 0.3) is 0 Å². The maximum Gasteiger partial charge on any atom is 0.135 e. The molecule has 7 nitrogen and oxygen atoms in total. The molecule has 7 heteroatoms. The number of rotatable bonds is 4. The number of hydrogen-bond donors (Lipinski definition) is 3. The zero-order chi connectivity index (χ0) is 20.3. The highest BCUT2D eigenvalue weighted by Gasteiger charge is 2.17. The van der Waals surface area contributed by atoms with Gasteiger partial charge in [0.15, 0.2) is 0 Å². The minimum absolute atomic E-state index is 0.511. The summed E-state index contributed by atoms with van der Waals surface area (Å²) < 4.78 is 5.44. The summed E-state index contributed by atoms with van der Waals surface area (Å²) in [6, 6.07) is 12.3. The Bertz CT molecular complexity index is 1060. The van der Waals surface area contributed by atoms with Crippen LogP contribution in [0.15, 0.2) is 55.0 Å². The van der Waals surface area contributed by atoms with E-state index in [0.29, 0.717) is 12.4 Å². The van der Waals surface area contributed by atoms with Crippen molar-refractivity contribution in [3.63, 3.8) is 0 Å². The molecule has 0 amide bonds. The minimum atomic E-state index is 0.511. The highest BCUT2D eigenvalue weighted by Crippen LogP contribution is 2.33. The van der Waals surface area contributed by atoms with Crippen LogP contribution in [0.3, 0.4) is 0 Å². The summed E-state index contributed by atoms with van der Waals surface area (Å²) in [5.74, 6) is 1.37. The van der Waals surface area contributed by atoms with Gasteiger partial charge in [-0.15, -0.1) is 0 Å². The molecule has 1 fully saturated rings. The third-order valence-electron chi connectivity index (χ3n) is 5.47. The second-order valence-electron chi connectivity index (χ2n) is 7.37. The van der Waals surface area contributed by atoms with Crippen LogP contribution in [0, 0.1) is 0 Å². The summed E-state index contributed by atoms with van der Waals surface area (Å²) in [4.78, 5) is 11.3. The number of nitrogens with one attached hydrogen (secondary N) is 2. The lowest BCUT2D eigenvalue weighted by Crippen LogP contribution is -2.36. The molecule has 4 heterocycles. The molecule has 0 atom stereocenters. The molecule has 2 aliphatic rings. The molecule has 1 aromatic carbocycles. The molecule has 0 spiro atoms. The normalized spacial score (nSPS) is 15.4. The summed E-state index contributed by atoms with van der Waals surface area (Å²) in [7, 11) is 0. The Morgan fingerprint density at radius 2 is 1.83 bits per heavy atom. The zero-order valence-corrected chi connectivity index (χ0v) is 16.6. The third kappa shape index (κ3) is 3.67. The first kappa shape index (κ1) is 18.4. The predicted octanol–water partition coefficient (Wildman–Crippen LogP) is 3.38. The Morgan fingerprint density at radius 1 is 1.00 bits per heavy atom. The Hall–Kier alpha value is -3.58. The molecule has 30 heavy (non-hydrogen) atoms. The molecule has 0 radical (unpaired) electrons. The van der Waals surface area contributed by atoms with E-state index >= 15 is 0 Å². The van der Waals surface area contributed by atoms with Gasteiger partial charge in [0, 0.05) is 60.1 Å². The van der Waals surface area contributed by atoms with E-state index < -0.39 is 0 Å². The Morgan fingerprint density at radius 3 is 2.60 bits per heavy atom. The summed E-state index contributed by atoms with van der Waals surface area (Å²) >= 11 is 0. The first-order valence-electron chi connectivity index (χ1n) is 10.1. The molecule has 1 saturated heterocycles. The molecule has 2 aliphatic heterocycles. The summed E-state index contributed by atoms with van der Waals surface area (Å²) in [5, 5.41) is 6.78. The van der Waals surface area contributed by atoms with Gasteiger partial charge in [-0.1, -0.05) is 0 Å². The van der Waals surface area contributed by atoms with E-state index in [4.69, 9.17) is 15.5 Å². The first-order chi connectivity index (χ1) is 14.8. The van der Waals surface area contributed by atoms with Crippen LogP contribution >= 0.6 is 0 Å². The van der Waals surface area contributed by atoms with E-state index in [9.17, 15) is 0 Å². The van der Waals surface area contributed by atoms with E-state index in [0.717, 1.165) is 60.1 Å². The van der Waals surface area contributed by atoms with E-state index in [1.807, 2.05) is 24.5 Å². The molecular formula is C23H24N6O. The van der Waals surface area contributed by atoms with Gasteiger partial charge < -0.3 is 26.0 Å². The number of ether oxygens (including phenoxy) is 1. The number of morpholine rings is 1.